The van der Waals surface area contributed by atoms with Crippen LogP contribution in [0.1, 0.15) is 34.6 Å². The number of amides is 1. The minimum atomic E-state index is -0.168. The molecule has 31 heavy (non-hydrogen) atoms. The number of para-hydroxylation sites is 1. The van der Waals surface area contributed by atoms with Gasteiger partial charge in [0.2, 0.25) is 5.91 Å². The molecule has 3 heterocycles. The highest BCUT2D eigenvalue weighted by atomic mass is 32.2. The first-order chi connectivity index (χ1) is 15.0. The Morgan fingerprint density at radius 1 is 1.00 bits per heavy atom. The maximum absolute atomic E-state index is 12.9. The van der Waals surface area contributed by atoms with Crippen molar-refractivity contribution in [3.8, 4) is 16.1 Å². The second-order valence-electron chi connectivity index (χ2n) is 7.79. The standard InChI is InChI=1S/C25H23N3OS2/c1-15-7-4-5-8-20(15)28-24-22(16(2)27-28)23(31-17(3)25(29)26-24)19-12-10-18(11-13-19)21-9-6-14-30-21/h4-14,17,23H,1-3H3,(H,26,29)/t17-,23+/m0/s1. The number of aryl methyl sites for hydroxylation is 2. The van der Waals surface area contributed by atoms with Crippen LogP contribution in [0.15, 0.2) is 66.0 Å². The summed E-state index contributed by atoms with van der Waals surface area (Å²) in [6.45, 7) is 6.07. The molecule has 1 aliphatic rings. The number of carbonyl (C=O) groups excluding carboxylic acids is 1. The minimum absolute atomic E-state index is 0.0127. The van der Waals surface area contributed by atoms with E-state index in [4.69, 9.17) is 5.10 Å². The Morgan fingerprint density at radius 2 is 1.77 bits per heavy atom. The Morgan fingerprint density at radius 3 is 2.48 bits per heavy atom. The van der Waals surface area contributed by atoms with E-state index in [0.29, 0.717) is 0 Å². The second kappa shape index (κ2) is 8.02. The van der Waals surface area contributed by atoms with Gasteiger partial charge in [-0.15, -0.1) is 23.1 Å². The van der Waals surface area contributed by atoms with Crippen molar-refractivity contribution < 1.29 is 4.79 Å². The lowest BCUT2D eigenvalue weighted by atomic mass is 10.0. The molecule has 2 atom stereocenters. The summed E-state index contributed by atoms with van der Waals surface area (Å²) < 4.78 is 1.89. The quantitative estimate of drug-likeness (QED) is 0.398. The predicted octanol–water partition coefficient (Wildman–Crippen LogP) is 6.38. The summed E-state index contributed by atoms with van der Waals surface area (Å²) in [6, 6.07) is 21.1. The highest BCUT2D eigenvalue weighted by Gasteiger charge is 2.34. The summed E-state index contributed by atoms with van der Waals surface area (Å²) in [5.41, 5.74) is 6.51. The molecule has 2 aromatic heterocycles. The number of thiophene rings is 1. The van der Waals surface area contributed by atoms with Crippen LogP contribution in [0.5, 0.6) is 0 Å². The van der Waals surface area contributed by atoms with Crippen LogP contribution in [-0.2, 0) is 4.79 Å². The van der Waals surface area contributed by atoms with E-state index in [1.807, 2.05) is 36.7 Å². The number of rotatable bonds is 3. The summed E-state index contributed by atoms with van der Waals surface area (Å²) in [5.74, 6) is 0.791. The van der Waals surface area contributed by atoms with Gasteiger partial charge in [0.05, 0.1) is 21.9 Å². The average molecular weight is 446 g/mol. The molecule has 0 radical (unpaired) electrons. The van der Waals surface area contributed by atoms with E-state index >= 15 is 0 Å². The van der Waals surface area contributed by atoms with Crippen LogP contribution < -0.4 is 5.32 Å². The van der Waals surface area contributed by atoms with E-state index in [1.54, 1.807) is 23.1 Å². The molecule has 1 aliphatic heterocycles. The molecule has 1 amide bonds. The molecule has 0 unspecified atom stereocenters. The van der Waals surface area contributed by atoms with Gasteiger partial charge in [-0.1, -0.05) is 48.5 Å². The smallest absolute Gasteiger partial charge is 0.238 e. The van der Waals surface area contributed by atoms with Crippen molar-refractivity contribution in [2.45, 2.75) is 31.3 Å². The second-order valence-corrected chi connectivity index (χ2v) is 10.2. The summed E-state index contributed by atoms with van der Waals surface area (Å²) >= 11 is 3.42. The lowest BCUT2D eigenvalue weighted by molar-refractivity contribution is -0.115. The van der Waals surface area contributed by atoms with E-state index in [2.05, 4.69) is 60.1 Å². The van der Waals surface area contributed by atoms with Crippen LogP contribution in [0.2, 0.25) is 0 Å². The van der Waals surface area contributed by atoms with E-state index in [9.17, 15) is 4.79 Å². The van der Waals surface area contributed by atoms with Gasteiger partial charge in [0, 0.05) is 10.4 Å². The number of nitrogens with one attached hydrogen (secondary N) is 1. The third kappa shape index (κ3) is 3.60. The van der Waals surface area contributed by atoms with Gasteiger partial charge in [-0.25, -0.2) is 4.68 Å². The average Bonchev–Trinajstić information content (AvgIpc) is 3.38. The molecule has 0 spiro atoms. The number of hydrogen-bond acceptors (Lipinski definition) is 4. The van der Waals surface area contributed by atoms with Crippen molar-refractivity contribution >= 4 is 34.8 Å². The van der Waals surface area contributed by atoms with Gasteiger partial charge in [-0.2, -0.15) is 5.10 Å². The molecule has 0 fully saturated rings. The number of nitrogens with zero attached hydrogens (tertiary/aromatic N) is 2. The van der Waals surface area contributed by atoms with Crippen molar-refractivity contribution in [2.75, 3.05) is 5.32 Å². The Bertz CT molecular complexity index is 1240. The van der Waals surface area contributed by atoms with Crippen LogP contribution in [0.4, 0.5) is 5.82 Å². The van der Waals surface area contributed by atoms with Crippen LogP contribution in [0.3, 0.4) is 0 Å². The molecule has 4 aromatic rings. The molecule has 6 heteroatoms. The van der Waals surface area contributed by atoms with Crippen LogP contribution >= 0.6 is 23.1 Å². The van der Waals surface area contributed by atoms with Crippen molar-refractivity contribution in [1.29, 1.82) is 0 Å². The molecule has 4 nitrogen and oxygen atoms in total. The number of anilines is 1. The molecular formula is C25H23N3OS2. The van der Waals surface area contributed by atoms with Crippen LogP contribution in [0, 0.1) is 13.8 Å². The van der Waals surface area contributed by atoms with Gasteiger partial charge in [-0.05, 0) is 55.0 Å². The SMILES string of the molecule is Cc1ccccc1-n1nc(C)c2c1NC(=O)[C@H](C)S[C@@H]2c1ccc(-c2cccs2)cc1. The summed E-state index contributed by atoms with van der Waals surface area (Å²) in [4.78, 5) is 14.1. The van der Waals surface area contributed by atoms with E-state index < -0.39 is 0 Å². The topological polar surface area (TPSA) is 46.9 Å². The highest BCUT2D eigenvalue weighted by molar-refractivity contribution is 8.01. The van der Waals surface area contributed by atoms with E-state index in [0.717, 1.165) is 28.3 Å². The zero-order valence-electron chi connectivity index (χ0n) is 17.6. The summed E-state index contributed by atoms with van der Waals surface area (Å²) in [5, 5.41) is 9.97. The summed E-state index contributed by atoms with van der Waals surface area (Å²) in [7, 11) is 0. The Labute approximate surface area is 190 Å². The molecule has 0 aliphatic carbocycles. The van der Waals surface area contributed by atoms with Gasteiger partial charge in [0.1, 0.15) is 5.82 Å². The molecule has 0 bridgehead atoms. The number of carbonyl (C=O) groups is 1. The maximum Gasteiger partial charge on any atom is 0.238 e. The third-order valence-electron chi connectivity index (χ3n) is 5.68. The van der Waals surface area contributed by atoms with Crippen molar-refractivity contribution in [2.24, 2.45) is 0 Å². The lowest BCUT2D eigenvalue weighted by Gasteiger charge is -2.18. The Balaban J connectivity index is 1.63. The fourth-order valence-corrected chi connectivity index (χ4v) is 6.07. The van der Waals surface area contributed by atoms with E-state index in [-0.39, 0.29) is 16.4 Å². The molecule has 2 aromatic carbocycles. The molecule has 5 rings (SSSR count). The highest BCUT2D eigenvalue weighted by Crippen LogP contribution is 2.46. The molecule has 0 saturated heterocycles. The van der Waals surface area contributed by atoms with Crippen LogP contribution in [0.25, 0.3) is 16.1 Å². The van der Waals surface area contributed by atoms with Gasteiger partial charge in [0.15, 0.2) is 0 Å². The Kier molecular flexibility index (Phi) is 5.20. The first-order valence-electron chi connectivity index (χ1n) is 10.3. The zero-order valence-corrected chi connectivity index (χ0v) is 19.3. The largest absolute Gasteiger partial charge is 0.309 e. The van der Waals surface area contributed by atoms with Crippen molar-refractivity contribution in [3.05, 3.63) is 88.4 Å². The van der Waals surface area contributed by atoms with Gasteiger partial charge in [0.25, 0.3) is 0 Å². The van der Waals surface area contributed by atoms with Crippen LogP contribution in [-0.4, -0.2) is 20.9 Å². The molecule has 1 N–H and O–H groups in total. The number of aromatic nitrogens is 2. The molecule has 156 valence electrons. The monoisotopic (exact) mass is 445 g/mol. The number of fused-ring (bicyclic) bond motifs is 1. The number of hydrogen-bond donors (Lipinski definition) is 1. The first-order valence-corrected chi connectivity index (χ1v) is 12.1. The maximum atomic E-state index is 12.9. The number of thioether (sulfide) groups is 1. The van der Waals surface area contributed by atoms with Crippen molar-refractivity contribution in [1.82, 2.24) is 9.78 Å². The van der Waals surface area contributed by atoms with Gasteiger partial charge in [-0.3, -0.25) is 4.79 Å². The number of benzene rings is 2. The first kappa shape index (κ1) is 20.1. The van der Waals surface area contributed by atoms with E-state index in [1.165, 1.54) is 16.0 Å². The Hall–Kier alpha value is -2.83. The third-order valence-corrected chi connectivity index (χ3v) is 8.00. The fourth-order valence-electron chi connectivity index (χ4n) is 4.01. The van der Waals surface area contributed by atoms with Gasteiger partial charge >= 0.3 is 0 Å². The fraction of sp³-hybridized carbons (Fsp3) is 0.200. The molecular weight excluding hydrogens is 422 g/mol. The van der Waals surface area contributed by atoms with Gasteiger partial charge < -0.3 is 5.32 Å². The minimum Gasteiger partial charge on any atom is -0.309 e. The molecule has 0 saturated carbocycles. The summed E-state index contributed by atoms with van der Waals surface area (Å²) in [6.07, 6.45) is 0. The predicted molar refractivity (Wildman–Crippen MR) is 130 cm³/mol. The normalized spacial score (nSPS) is 18.4. The lowest BCUT2D eigenvalue weighted by Crippen LogP contribution is -2.22. The van der Waals surface area contributed by atoms with Crippen molar-refractivity contribution in [3.63, 3.8) is 0 Å². The zero-order chi connectivity index (χ0) is 21.5.